The average Bonchev–Trinajstić information content (AvgIpc) is 2.53. The van der Waals surface area contributed by atoms with E-state index in [0.717, 1.165) is 0 Å². The van der Waals surface area contributed by atoms with Crippen molar-refractivity contribution in [2.24, 2.45) is 0 Å². The molecule has 8 nitrogen and oxygen atoms in total. The van der Waals surface area contributed by atoms with Gasteiger partial charge >= 0.3 is 5.97 Å². The fourth-order valence-corrected chi connectivity index (χ4v) is 2.09. The highest BCUT2D eigenvalue weighted by Crippen LogP contribution is 2.17. The van der Waals surface area contributed by atoms with Crippen LogP contribution >= 0.6 is 0 Å². The van der Waals surface area contributed by atoms with Gasteiger partial charge in [0, 0.05) is 31.4 Å². The van der Waals surface area contributed by atoms with E-state index in [1.165, 1.54) is 17.1 Å². The summed E-state index contributed by atoms with van der Waals surface area (Å²) < 4.78 is 0. The number of rotatable bonds is 6. The summed E-state index contributed by atoms with van der Waals surface area (Å²) in [5.74, 6) is -1.67. The molecule has 2 rings (SSSR count). The molecular weight excluding hydrogens is 302 g/mol. The van der Waals surface area contributed by atoms with E-state index in [9.17, 15) is 19.2 Å². The quantitative estimate of drug-likeness (QED) is 0.658. The third kappa shape index (κ3) is 4.53. The van der Waals surface area contributed by atoms with E-state index < -0.39 is 5.97 Å². The SMILES string of the molecule is O=C(O)CCCNC(=O)c1ccc(N2NC(=O)CCC2=O)cc1. The lowest BCUT2D eigenvalue weighted by Crippen LogP contribution is -2.50. The summed E-state index contributed by atoms with van der Waals surface area (Å²) in [5.41, 5.74) is 3.34. The lowest BCUT2D eigenvalue weighted by molar-refractivity contribution is -0.137. The topological polar surface area (TPSA) is 116 Å². The van der Waals surface area contributed by atoms with Gasteiger partial charge in [0.25, 0.3) is 5.91 Å². The molecule has 23 heavy (non-hydrogen) atoms. The van der Waals surface area contributed by atoms with Gasteiger partial charge in [0.15, 0.2) is 0 Å². The van der Waals surface area contributed by atoms with Crippen LogP contribution < -0.4 is 15.8 Å². The van der Waals surface area contributed by atoms with Crippen molar-refractivity contribution < 1.29 is 24.3 Å². The molecular formula is C15H17N3O5. The largest absolute Gasteiger partial charge is 0.481 e. The second-order valence-corrected chi connectivity index (χ2v) is 5.06. The van der Waals surface area contributed by atoms with Gasteiger partial charge in [0.1, 0.15) is 0 Å². The number of benzene rings is 1. The van der Waals surface area contributed by atoms with Crippen LogP contribution in [-0.4, -0.2) is 35.3 Å². The smallest absolute Gasteiger partial charge is 0.303 e. The van der Waals surface area contributed by atoms with Gasteiger partial charge in [-0.2, -0.15) is 0 Å². The number of aliphatic carboxylic acids is 1. The lowest BCUT2D eigenvalue weighted by atomic mass is 10.1. The highest BCUT2D eigenvalue weighted by Gasteiger charge is 2.24. The summed E-state index contributed by atoms with van der Waals surface area (Å²) in [4.78, 5) is 45.4. The Balaban J connectivity index is 1.93. The Kier molecular flexibility index (Phi) is 5.29. The molecule has 0 unspecified atom stereocenters. The zero-order valence-corrected chi connectivity index (χ0v) is 12.4. The Hall–Kier alpha value is -2.90. The number of carboxylic acids is 1. The highest BCUT2D eigenvalue weighted by molar-refractivity contribution is 6.01. The van der Waals surface area contributed by atoms with Gasteiger partial charge in [-0.3, -0.25) is 24.6 Å². The first-order valence-electron chi connectivity index (χ1n) is 7.20. The van der Waals surface area contributed by atoms with E-state index >= 15 is 0 Å². The number of anilines is 1. The molecule has 1 aliphatic rings. The highest BCUT2D eigenvalue weighted by atomic mass is 16.4. The summed E-state index contributed by atoms with van der Waals surface area (Å²) in [6.45, 7) is 0.271. The number of nitrogens with zero attached hydrogens (tertiary/aromatic N) is 1. The summed E-state index contributed by atoms with van der Waals surface area (Å²) >= 11 is 0. The summed E-state index contributed by atoms with van der Waals surface area (Å²) in [6.07, 6.45) is 0.674. The van der Waals surface area contributed by atoms with E-state index in [4.69, 9.17) is 5.11 Å². The predicted octanol–water partition coefficient (Wildman–Crippen LogP) is 0.439. The molecule has 1 fully saturated rings. The van der Waals surface area contributed by atoms with Gasteiger partial charge in [-0.15, -0.1) is 0 Å². The molecule has 0 bridgehead atoms. The van der Waals surface area contributed by atoms with E-state index in [1.54, 1.807) is 12.1 Å². The lowest BCUT2D eigenvalue weighted by Gasteiger charge is -2.27. The zero-order valence-electron chi connectivity index (χ0n) is 12.4. The Labute approximate surface area is 132 Å². The summed E-state index contributed by atoms with van der Waals surface area (Å²) in [5, 5.41) is 12.3. The van der Waals surface area contributed by atoms with Gasteiger partial charge in [-0.05, 0) is 30.7 Å². The van der Waals surface area contributed by atoms with E-state index in [0.29, 0.717) is 17.7 Å². The molecule has 8 heteroatoms. The molecule has 0 atom stereocenters. The minimum atomic E-state index is -0.906. The number of nitrogens with one attached hydrogen (secondary N) is 2. The third-order valence-corrected chi connectivity index (χ3v) is 3.29. The Morgan fingerprint density at radius 1 is 1.17 bits per heavy atom. The van der Waals surface area contributed by atoms with Gasteiger partial charge in [0.2, 0.25) is 11.8 Å². The molecule has 1 aromatic rings. The normalized spacial score (nSPS) is 14.3. The molecule has 0 aromatic heterocycles. The van der Waals surface area contributed by atoms with Crippen LogP contribution in [0.2, 0.25) is 0 Å². The van der Waals surface area contributed by atoms with Crippen molar-refractivity contribution in [1.82, 2.24) is 10.7 Å². The van der Waals surface area contributed by atoms with Gasteiger partial charge in [-0.1, -0.05) is 0 Å². The number of hydrogen-bond donors (Lipinski definition) is 3. The van der Waals surface area contributed by atoms with Crippen LogP contribution in [0.1, 0.15) is 36.0 Å². The average molecular weight is 319 g/mol. The van der Waals surface area contributed by atoms with Crippen LogP contribution in [0.15, 0.2) is 24.3 Å². The van der Waals surface area contributed by atoms with Crippen molar-refractivity contribution in [3.8, 4) is 0 Å². The molecule has 0 spiro atoms. The first-order chi connectivity index (χ1) is 11.0. The number of amides is 3. The molecule has 0 radical (unpaired) electrons. The molecule has 1 aliphatic heterocycles. The van der Waals surface area contributed by atoms with Crippen LogP contribution in [0.4, 0.5) is 5.69 Å². The van der Waals surface area contributed by atoms with Gasteiger partial charge in [0.05, 0.1) is 5.69 Å². The van der Waals surface area contributed by atoms with Crippen molar-refractivity contribution in [2.75, 3.05) is 11.6 Å². The van der Waals surface area contributed by atoms with Crippen LogP contribution in [0, 0.1) is 0 Å². The predicted molar refractivity (Wildman–Crippen MR) is 80.5 cm³/mol. The van der Waals surface area contributed by atoms with E-state index in [1.807, 2.05) is 0 Å². The Morgan fingerprint density at radius 3 is 2.52 bits per heavy atom. The van der Waals surface area contributed by atoms with Gasteiger partial charge < -0.3 is 10.4 Å². The first kappa shape index (κ1) is 16.5. The molecule has 3 N–H and O–H groups in total. The van der Waals surface area contributed by atoms with Crippen molar-refractivity contribution in [3.63, 3.8) is 0 Å². The monoisotopic (exact) mass is 319 g/mol. The second kappa shape index (κ2) is 7.39. The third-order valence-electron chi connectivity index (χ3n) is 3.29. The number of carbonyl (C=O) groups is 4. The number of carboxylic acid groups (broad SMARTS) is 1. The van der Waals surface area contributed by atoms with Crippen molar-refractivity contribution in [1.29, 1.82) is 0 Å². The molecule has 1 heterocycles. The van der Waals surface area contributed by atoms with Gasteiger partial charge in [-0.25, -0.2) is 5.01 Å². The summed E-state index contributed by atoms with van der Waals surface area (Å²) in [6, 6.07) is 6.21. The standard InChI is InChI=1S/C15H17N3O5/c19-12-7-8-13(20)18(17-12)11-5-3-10(4-6-11)15(23)16-9-1-2-14(21)22/h3-6H,1-2,7-9H2,(H,16,23)(H,17,19)(H,21,22). The molecule has 1 saturated heterocycles. The van der Waals surface area contributed by atoms with Crippen LogP contribution in [0.25, 0.3) is 0 Å². The zero-order chi connectivity index (χ0) is 16.8. The minimum absolute atomic E-state index is 0.00398. The minimum Gasteiger partial charge on any atom is -0.481 e. The van der Waals surface area contributed by atoms with Crippen molar-refractivity contribution in [3.05, 3.63) is 29.8 Å². The molecule has 1 aromatic carbocycles. The van der Waals surface area contributed by atoms with E-state index in [2.05, 4.69) is 10.7 Å². The number of hydrogen-bond acceptors (Lipinski definition) is 4. The molecule has 122 valence electrons. The Morgan fingerprint density at radius 2 is 1.87 bits per heavy atom. The van der Waals surface area contributed by atoms with Crippen LogP contribution in [0.3, 0.4) is 0 Å². The fourth-order valence-electron chi connectivity index (χ4n) is 2.09. The maximum absolute atomic E-state index is 11.9. The van der Waals surface area contributed by atoms with Crippen molar-refractivity contribution in [2.45, 2.75) is 25.7 Å². The van der Waals surface area contributed by atoms with Crippen LogP contribution in [-0.2, 0) is 14.4 Å². The Bertz CT molecular complexity index is 627. The molecule has 0 saturated carbocycles. The number of carbonyl (C=O) groups excluding carboxylic acids is 3. The van der Waals surface area contributed by atoms with Crippen LogP contribution in [0.5, 0.6) is 0 Å². The maximum Gasteiger partial charge on any atom is 0.303 e. The van der Waals surface area contributed by atoms with E-state index in [-0.39, 0.29) is 43.5 Å². The summed E-state index contributed by atoms with van der Waals surface area (Å²) in [7, 11) is 0. The first-order valence-corrected chi connectivity index (χ1v) is 7.20. The maximum atomic E-state index is 11.9. The fraction of sp³-hybridized carbons (Fsp3) is 0.333. The van der Waals surface area contributed by atoms with Crippen molar-refractivity contribution >= 4 is 29.4 Å². The second-order valence-electron chi connectivity index (χ2n) is 5.06. The molecule has 0 aliphatic carbocycles. The number of hydrazine groups is 1. The molecule has 3 amide bonds.